The van der Waals surface area contributed by atoms with Gasteiger partial charge in [0.1, 0.15) is 5.82 Å². The van der Waals surface area contributed by atoms with Crippen molar-refractivity contribution in [1.82, 2.24) is 14.5 Å². The maximum absolute atomic E-state index is 9.11. The number of imidazole rings is 1. The lowest BCUT2D eigenvalue weighted by atomic mass is 10.0. The van der Waals surface area contributed by atoms with Gasteiger partial charge in [-0.1, -0.05) is 0 Å². The van der Waals surface area contributed by atoms with Crippen molar-refractivity contribution in [2.45, 2.75) is 38.2 Å². The summed E-state index contributed by atoms with van der Waals surface area (Å²) in [7, 11) is 4.12. The predicted octanol–water partition coefficient (Wildman–Crippen LogP) is 3.55. The summed E-state index contributed by atoms with van der Waals surface area (Å²) in [5.41, 5.74) is 2.44. The third kappa shape index (κ3) is 3.04. The van der Waals surface area contributed by atoms with Gasteiger partial charge in [-0.15, -0.1) is 11.6 Å². The molecule has 0 spiro atoms. The van der Waals surface area contributed by atoms with Gasteiger partial charge in [-0.3, -0.25) is 0 Å². The molecule has 1 atom stereocenters. The Labute approximate surface area is 130 Å². The van der Waals surface area contributed by atoms with Crippen molar-refractivity contribution in [2.75, 3.05) is 14.1 Å². The maximum atomic E-state index is 9.11. The molecule has 0 N–H and O–H groups in total. The number of fused-ring (bicyclic) bond motifs is 1. The number of benzene rings is 1. The average molecular weight is 305 g/mol. The van der Waals surface area contributed by atoms with Crippen LogP contribution in [0.15, 0.2) is 18.2 Å². The minimum atomic E-state index is -0.180. The molecule has 4 nitrogen and oxygen atoms in total. The lowest BCUT2D eigenvalue weighted by Crippen LogP contribution is -2.42. The fourth-order valence-electron chi connectivity index (χ4n) is 2.21. The summed E-state index contributed by atoms with van der Waals surface area (Å²) in [5, 5.41) is 8.93. The first-order chi connectivity index (χ1) is 9.76. The highest BCUT2D eigenvalue weighted by Gasteiger charge is 2.25. The Bertz CT molecular complexity index is 692. The van der Waals surface area contributed by atoms with Gasteiger partial charge in [0.25, 0.3) is 0 Å². The zero-order valence-corrected chi connectivity index (χ0v) is 13.9. The molecule has 0 bridgehead atoms. The van der Waals surface area contributed by atoms with Crippen molar-refractivity contribution in [1.29, 1.82) is 5.26 Å². The molecule has 2 aromatic rings. The van der Waals surface area contributed by atoms with Gasteiger partial charge in [-0.25, -0.2) is 4.98 Å². The summed E-state index contributed by atoms with van der Waals surface area (Å²) in [6.45, 7) is 7.04. The Hall–Kier alpha value is -1.57. The number of alkyl halides is 1. The normalized spacial score (nSPS) is 13.6. The van der Waals surface area contributed by atoms with Gasteiger partial charge in [-0.2, -0.15) is 5.26 Å². The Kier molecular flexibility index (Phi) is 4.27. The second-order valence-corrected chi connectivity index (χ2v) is 6.85. The third-order valence-corrected chi connectivity index (χ3v) is 4.21. The van der Waals surface area contributed by atoms with E-state index in [0.29, 0.717) is 5.56 Å². The fourth-order valence-corrected chi connectivity index (χ4v) is 2.38. The monoisotopic (exact) mass is 304 g/mol. The van der Waals surface area contributed by atoms with E-state index in [2.05, 4.69) is 48.5 Å². The molecule has 5 heteroatoms. The Balaban J connectivity index is 2.63. The number of nitrogens with zero attached hydrogens (tertiary/aromatic N) is 4. The second kappa shape index (κ2) is 5.67. The Morgan fingerprint density at radius 3 is 2.62 bits per heavy atom. The van der Waals surface area contributed by atoms with E-state index in [9.17, 15) is 0 Å². The highest BCUT2D eigenvalue weighted by molar-refractivity contribution is 6.20. The lowest BCUT2D eigenvalue weighted by molar-refractivity contribution is 0.170. The van der Waals surface area contributed by atoms with Crippen LogP contribution in [0.1, 0.15) is 37.5 Å². The van der Waals surface area contributed by atoms with Crippen LogP contribution >= 0.6 is 11.6 Å². The number of likely N-dealkylation sites (N-methyl/N-ethyl adjacent to an activating group) is 1. The minimum Gasteiger partial charge on any atom is -0.325 e. The number of hydrogen-bond acceptors (Lipinski definition) is 3. The number of rotatable bonds is 4. The molecular weight excluding hydrogens is 284 g/mol. The molecular formula is C16H21ClN4. The van der Waals surface area contributed by atoms with E-state index >= 15 is 0 Å². The molecule has 0 amide bonds. The van der Waals surface area contributed by atoms with Crippen molar-refractivity contribution >= 4 is 22.6 Å². The maximum Gasteiger partial charge on any atom is 0.127 e. The van der Waals surface area contributed by atoms with Crippen LogP contribution in [0.5, 0.6) is 0 Å². The van der Waals surface area contributed by atoms with Crippen molar-refractivity contribution in [3.63, 3.8) is 0 Å². The summed E-state index contributed by atoms with van der Waals surface area (Å²) >= 11 is 6.30. The van der Waals surface area contributed by atoms with E-state index in [4.69, 9.17) is 16.9 Å². The fraction of sp³-hybridized carbons (Fsp3) is 0.500. The molecule has 112 valence electrons. The van der Waals surface area contributed by atoms with Gasteiger partial charge >= 0.3 is 0 Å². The molecule has 0 fully saturated rings. The molecule has 1 heterocycles. The van der Waals surface area contributed by atoms with E-state index in [1.807, 2.05) is 19.1 Å². The standard InChI is InChI=1S/C16H21ClN4/c1-11(17)15-19-13-7-6-12(9-18)8-14(13)21(15)10-16(2,3)20(4)5/h6-8,11H,10H2,1-5H3. The van der Waals surface area contributed by atoms with Crippen LogP contribution in [0.2, 0.25) is 0 Å². The minimum absolute atomic E-state index is 0.0448. The molecule has 0 radical (unpaired) electrons. The summed E-state index contributed by atoms with van der Waals surface area (Å²) in [5.74, 6) is 0.844. The van der Waals surface area contributed by atoms with Gasteiger partial charge in [0, 0.05) is 12.1 Å². The van der Waals surface area contributed by atoms with Gasteiger partial charge in [-0.05, 0) is 53.1 Å². The first-order valence-corrected chi connectivity index (χ1v) is 7.41. The highest BCUT2D eigenvalue weighted by Crippen LogP contribution is 2.28. The molecule has 0 saturated heterocycles. The second-order valence-electron chi connectivity index (χ2n) is 6.19. The van der Waals surface area contributed by atoms with E-state index in [1.54, 1.807) is 6.07 Å². The molecule has 0 saturated carbocycles. The van der Waals surface area contributed by atoms with Crippen molar-refractivity contribution in [3.05, 3.63) is 29.6 Å². The smallest absolute Gasteiger partial charge is 0.127 e. The zero-order chi connectivity index (χ0) is 15.8. The third-order valence-electron chi connectivity index (χ3n) is 4.02. The van der Waals surface area contributed by atoms with Crippen LogP contribution < -0.4 is 0 Å². The van der Waals surface area contributed by atoms with Crippen LogP contribution in [0.4, 0.5) is 0 Å². The van der Waals surface area contributed by atoms with Crippen molar-refractivity contribution < 1.29 is 0 Å². The number of nitriles is 1. The average Bonchev–Trinajstić information content (AvgIpc) is 2.76. The van der Waals surface area contributed by atoms with Crippen LogP contribution in [0.3, 0.4) is 0 Å². The number of halogens is 1. The van der Waals surface area contributed by atoms with E-state index in [0.717, 1.165) is 23.4 Å². The van der Waals surface area contributed by atoms with Crippen LogP contribution in [-0.2, 0) is 6.54 Å². The van der Waals surface area contributed by atoms with Crippen LogP contribution in [0, 0.1) is 11.3 Å². The molecule has 0 aliphatic carbocycles. The van der Waals surface area contributed by atoms with Gasteiger partial charge in [0.05, 0.1) is 28.0 Å². The van der Waals surface area contributed by atoms with Crippen LogP contribution in [0.25, 0.3) is 11.0 Å². The first-order valence-electron chi connectivity index (χ1n) is 6.98. The molecule has 0 aliphatic rings. The molecule has 1 unspecified atom stereocenters. The number of hydrogen-bond donors (Lipinski definition) is 0. The number of aromatic nitrogens is 2. The summed E-state index contributed by atoms with van der Waals surface area (Å²) in [4.78, 5) is 6.81. The van der Waals surface area contributed by atoms with E-state index in [1.165, 1.54) is 0 Å². The molecule has 1 aromatic carbocycles. The van der Waals surface area contributed by atoms with E-state index in [-0.39, 0.29) is 10.9 Å². The summed E-state index contributed by atoms with van der Waals surface area (Å²) in [6, 6.07) is 7.75. The predicted molar refractivity (Wildman–Crippen MR) is 86.5 cm³/mol. The van der Waals surface area contributed by atoms with Gasteiger partial charge in [0.15, 0.2) is 0 Å². The van der Waals surface area contributed by atoms with Gasteiger partial charge < -0.3 is 9.47 Å². The molecule has 21 heavy (non-hydrogen) atoms. The zero-order valence-electron chi connectivity index (χ0n) is 13.2. The highest BCUT2D eigenvalue weighted by atomic mass is 35.5. The first kappa shape index (κ1) is 15.8. The Morgan fingerprint density at radius 2 is 2.10 bits per heavy atom. The summed E-state index contributed by atoms with van der Waals surface area (Å²) in [6.07, 6.45) is 0. The molecule has 0 aliphatic heterocycles. The summed E-state index contributed by atoms with van der Waals surface area (Å²) < 4.78 is 2.13. The SMILES string of the molecule is CC(Cl)c1nc2ccc(C#N)cc2n1CC(C)(C)N(C)C. The lowest BCUT2D eigenvalue weighted by Gasteiger charge is -2.33. The van der Waals surface area contributed by atoms with Gasteiger partial charge in [0.2, 0.25) is 0 Å². The largest absolute Gasteiger partial charge is 0.325 e. The topological polar surface area (TPSA) is 44.9 Å². The van der Waals surface area contributed by atoms with Crippen molar-refractivity contribution in [2.24, 2.45) is 0 Å². The molecule has 1 aromatic heterocycles. The molecule has 2 rings (SSSR count). The Morgan fingerprint density at radius 1 is 1.43 bits per heavy atom. The quantitative estimate of drug-likeness (QED) is 0.811. The van der Waals surface area contributed by atoms with Crippen LogP contribution in [-0.4, -0.2) is 34.1 Å². The van der Waals surface area contributed by atoms with Crippen molar-refractivity contribution in [3.8, 4) is 6.07 Å². The van der Waals surface area contributed by atoms with E-state index < -0.39 is 0 Å².